The molecule has 0 saturated carbocycles. The number of fused-ring (bicyclic) bond motifs is 1. The largest absolute Gasteiger partial charge is 0.481 e. The number of rotatable bonds is 4. The summed E-state index contributed by atoms with van der Waals surface area (Å²) in [6.07, 6.45) is 5.45. The molecule has 1 aliphatic heterocycles. The third kappa shape index (κ3) is 2.17. The van der Waals surface area contributed by atoms with Crippen LogP contribution in [0.25, 0.3) is 0 Å². The van der Waals surface area contributed by atoms with Gasteiger partial charge in [-0.15, -0.1) is 0 Å². The van der Waals surface area contributed by atoms with Gasteiger partial charge in [-0.3, -0.25) is 19.3 Å². The van der Waals surface area contributed by atoms with Crippen LogP contribution in [0.15, 0.2) is 12.2 Å². The zero-order valence-electron chi connectivity index (χ0n) is 10.3. The van der Waals surface area contributed by atoms with Crippen LogP contribution in [-0.2, 0) is 14.4 Å². The second-order valence-corrected chi connectivity index (χ2v) is 5.01. The van der Waals surface area contributed by atoms with E-state index in [4.69, 9.17) is 5.11 Å². The van der Waals surface area contributed by atoms with Gasteiger partial charge in [-0.25, -0.2) is 0 Å². The molecule has 0 aromatic carbocycles. The first-order chi connectivity index (χ1) is 8.52. The van der Waals surface area contributed by atoms with Gasteiger partial charge in [0.05, 0.1) is 17.8 Å². The number of hydrogen-bond donors (Lipinski definition) is 1. The molecule has 18 heavy (non-hydrogen) atoms. The average Bonchev–Trinajstić information content (AvgIpc) is 2.60. The molecule has 1 unspecified atom stereocenters. The minimum absolute atomic E-state index is 0.132. The van der Waals surface area contributed by atoms with E-state index in [9.17, 15) is 14.4 Å². The van der Waals surface area contributed by atoms with Gasteiger partial charge in [0.2, 0.25) is 11.8 Å². The van der Waals surface area contributed by atoms with Crippen molar-refractivity contribution >= 4 is 17.8 Å². The van der Waals surface area contributed by atoms with Gasteiger partial charge in [-0.2, -0.15) is 0 Å². The first kappa shape index (κ1) is 12.8. The molecule has 1 aliphatic carbocycles. The predicted octanol–water partition coefficient (Wildman–Crippen LogP) is 1.05. The highest BCUT2D eigenvalue weighted by molar-refractivity contribution is 6.05. The third-order valence-electron chi connectivity index (χ3n) is 3.81. The first-order valence-corrected chi connectivity index (χ1v) is 6.25. The summed E-state index contributed by atoms with van der Waals surface area (Å²) in [4.78, 5) is 36.1. The van der Waals surface area contributed by atoms with Crippen LogP contribution in [0.2, 0.25) is 0 Å². The molecule has 1 saturated heterocycles. The van der Waals surface area contributed by atoms with E-state index in [-0.39, 0.29) is 30.2 Å². The number of allylic oxidation sites excluding steroid dienone is 2. The van der Waals surface area contributed by atoms with E-state index in [1.54, 1.807) is 6.92 Å². The smallest absolute Gasteiger partial charge is 0.306 e. The lowest BCUT2D eigenvalue weighted by Gasteiger charge is -2.15. The van der Waals surface area contributed by atoms with Gasteiger partial charge < -0.3 is 5.11 Å². The molecule has 0 radical (unpaired) electrons. The number of carboxylic acid groups (broad SMARTS) is 1. The van der Waals surface area contributed by atoms with Crippen molar-refractivity contribution in [1.82, 2.24) is 4.90 Å². The normalized spacial score (nSPS) is 28.4. The summed E-state index contributed by atoms with van der Waals surface area (Å²) < 4.78 is 0. The van der Waals surface area contributed by atoms with Gasteiger partial charge in [0, 0.05) is 6.54 Å². The number of nitrogens with zero attached hydrogens (tertiary/aromatic N) is 1. The maximum atomic E-state index is 12.1. The summed E-state index contributed by atoms with van der Waals surface area (Å²) in [5, 5.41) is 8.80. The van der Waals surface area contributed by atoms with Crippen LogP contribution in [0.3, 0.4) is 0 Å². The summed E-state index contributed by atoms with van der Waals surface area (Å²) in [6.45, 7) is 1.81. The summed E-state index contributed by atoms with van der Waals surface area (Å²) in [5.41, 5.74) is 0. The summed E-state index contributed by atoms with van der Waals surface area (Å²) in [6, 6.07) is 0. The number of carboxylic acids is 1. The molecule has 5 heteroatoms. The Morgan fingerprint density at radius 1 is 1.33 bits per heavy atom. The van der Waals surface area contributed by atoms with Crippen LogP contribution < -0.4 is 0 Å². The fourth-order valence-corrected chi connectivity index (χ4v) is 2.54. The molecule has 3 atom stereocenters. The minimum Gasteiger partial charge on any atom is -0.481 e. The van der Waals surface area contributed by atoms with Crippen LogP contribution >= 0.6 is 0 Å². The van der Waals surface area contributed by atoms with E-state index in [0.717, 1.165) is 0 Å². The first-order valence-electron chi connectivity index (χ1n) is 6.25. The Hall–Kier alpha value is -1.65. The lowest BCUT2D eigenvalue weighted by Crippen LogP contribution is -2.33. The summed E-state index contributed by atoms with van der Waals surface area (Å²) in [7, 11) is 0. The molecule has 2 amide bonds. The molecule has 1 heterocycles. The Bertz CT molecular complexity index is 389. The zero-order valence-corrected chi connectivity index (χ0v) is 10.3. The minimum atomic E-state index is -0.895. The van der Waals surface area contributed by atoms with Crippen molar-refractivity contribution in [2.75, 3.05) is 6.54 Å². The van der Waals surface area contributed by atoms with Gasteiger partial charge in [0.25, 0.3) is 0 Å². The molecule has 0 spiro atoms. The molecular formula is C13H17NO4. The highest BCUT2D eigenvalue weighted by atomic mass is 16.4. The van der Waals surface area contributed by atoms with Crippen molar-refractivity contribution in [3.05, 3.63) is 12.2 Å². The molecule has 2 aliphatic rings. The third-order valence-corrected chi connectivity index (χ3v) is 3.81. The van der Waals surface area contributed by atoms with E-state index in [0.29, 0.717) is 19.3 Å². The van der Waals surface area contributed by atoms with E-state index in [2.05, 4.69) is 0 Å². The molecule has 2 rings (SSSR count). The van der Waals surface area contributed by atoms with Crippen LogP contribution in [0.4, 0.5) is 0 Å². The van der Waals surface area contributed by atoms with Gasteiger partial charge in [-0.1, -0.05) is 19.1 Å². The van der Waals surface area contributed by atoms with E-state index in [1.807, 2.05) is 12.2 Å². The quantitative estimate of drug-likeness (QED) is 0.598. The SMILES string of the molecule is CC(CCN1C(=O)[C@H]2CC=CC[C@H]2C1=O)C(=O)O. The van der Waals surface area contributed by atoms with Crippen LogP contribution in [0, 0.1) is 17.8 Å². The Morgan fingerprint density at radius 2 is 1.83 bits per heavy atom. The predicted molar refractivity (Wildman–Crippen MR) is 63.5 cm³/mol. The molecule has 1 fully saturated rings. The number of hydrogen-bond acceptors (Lipinski definition) is 3. The van der Waals surface area contributed by atoms with E-state index in [1.165, 1.54) is 4.90 Å². The van der Waals surface area contributed by atoms with Crippen molar-refractivity contribution in [2.45, 2.75) is 26.2 Å². The van der Waals surface area contributed by atoms with E-state index < -0.39 is 11.9 Å². The Morgan fingerprint density at radius 3 is 2.28 bits per heavy atom. The number of carbonyl (C=O) groups is 3. The number of carbonyl (C=O) groups excluding carboxylic acids is 2. The lowest BCUT2D eigenvalue weighted by atomic mass is 9.85. The van der Waals surface area contributed by atoms with E-state index >= 15 is 0 Å². The van der Waals surface area contributed by atoms with Crippen molar-refractivity contribution in [1.29, 1.82) is 0 Å². The fourth-order valence-electron chi connectivity index (χ4n) is 2.54. The highest BCUT2D eigenvalue weighted by Gasteiger charge is 2.46. The number of imide groups is 1. The monoisotopic (exact) mass is 251 g/mol. The summed E-state index contributed by atoms with van der Waals surface area (Å²) in [5.74, 6) is -2.14. The molecule has 1 N–H and O–H groups in total. The van der Waals surface area contributed by atoms with Gasteiger partial charge in [-0.05, 0) is 19.3 Å². The van der Waals surface area contributed by atoms with Crippen molar-refractivity contribution in [3.8, 4) is 0 Å². The van der Waals surface area contributed by atoms with Gasteiger partial charge in [0.1, 0.15) is 0 Å². The zero-order chi connectivity index (χ0) is 13.3. The second kappa shape index (κ2) is 4.92. The van der Waals surface area contributed by atoms with Crippen molar-refractivity contribution in [2.24, 2.45) is 17.8 Å². The highest BCUT2D eigenvalue weighted by Crippen LogP contribution is 2.35. The van der Waals surface area contributed by atoms with Crippen LogP contribution in [0.1, 0.15) is 26.2 Å². The molecule has 98 valence electrons. The van der Waals surface area contributed by atoms with Gasteiger partial charge >= 0.3 is 5.97 Å². The Kier molecular flexibility index (Phi) is 3.50. The molecule has 5 nitrogen and oxygen atoms in total. The molecule has 0 aromatic heterocycles. The number of amides is 2. The second-order valence-electron chi connectivity index (χ2n) is 5.01. The molecule has 0 bridgehead atoms. The number of aliphatic carboxylic acids is 1. The molecular weight excluding hydrogens is 234 g/mol. The van der Waals surface area contributed by atoms with Gasteiger partial charge in [0.15, 0.2) is 0 Å². The number of likely N-dealkylation sites (tertiary alicyclic amines) is 1. The Labute approximate surface area is 105 Å². The average molecular weight is 251 g/mol. The van der Waals surface area contributed by atoms with Crippen LogP contribution in [-0.4, -0.2) is 34.3 Å². The molecule has 0 aromatic rings. The lowest BCUT2D eigenvalue weighted by molar-refractivity contribution is -0.144. The topological polar surface area (TPSA) is 74.7 Å². The maximum Gasteiger partial charge on any atom is 0.306 e. The Balaban J connectivity index is 2.00. The standard InChI is InChI=1S/C13H17NO4/c1-8(13(17)18)6-7-14-11(15)9-4-2-3-5-10(9)12(14)16/h2-3,8-10H,4-7H2,1H3,(H,17,18)/t8?,9-,10+. The maximum absolute atomic E-state index is 12.1. The fraction of sp³-hybridized carbons (Fsp3) is 0.615. The van der Waals surface area contributed by atoms with Crippen molar-refractivity contribution < 1.29 is 19.5 Å². The van der Waals surface area contributed by atoms with Crippen LogP contribution in [0.5, 0.6) is 0 Å². The van der Waals surface area contributed by atoms with Crippen molar-refractivity contribution in [3.63, 3.8) is 0 Å². The summed E-state index contributed by atoms with van der Waals surface area (Å²) >= 11 is 0.